The van der Waals surface area contributed by atoms with Gasteiger partial charge in [0.2, 0.25) is 0 Å². The van der Waals surface area contributed by atoms with E-state index in [1.165, 1.54) is 12.1 Å². The Bertz CT molecular complexity index is 485. The minimum absolute atomic E-state index is 0. The molecule has 2 atom stereocenters. The van der Waals surface area contributed by atoms with Gasteiger partial charge in [0, 0.05) is 43.9 Å². The maximum absolute atomic E-state index is 10.7. The first-order valence-corrected chi connectivity index (χ1v) is 6.75. The predicted octanol–water partition coefficient (Wildman–Crippen LogP) is 2.85. The van der Waals surface area contributed by atoms with E-state index in [-0.39, 0.29) is 18.1 Å². The van der Waals surface area contributed by atoms with Crippen LogP contribution in [0.4, 0.5) is 5.69 Å². The fraction of sp³-hybridized carbons (Fsp3) is 0.538. The maximum atomic E-state index is 10.7. The smallest absolute Gasteiger partial charge is 0.270 e. The quantitative estimate of drug-likeness (QED) is 0.687. The van der Waals surface area contributed by atoms with Gasteiger partial charge in [0.25, 0.3) is 5.69 Å². The lowest BCUT2D eigenvalue weighted by Gasteiger charge is -2.37. The van der Waals surface area contributed by atoms with Gasteiger partial charge in [-0.2, -0.15) is 0 Å². The zero-order chi connectivity index (χ0) is 14.0. The summed E-state index contributed by atoms with van der Waals surface area (Å²) >= 11 is 6.13. The Morgan fingerprint density at radius 3 is 2.80 bits per heavy atom. The van der Waals surface area contributed by atoms with Gasteiger partial charge in [-0.1, -0.05) is 11.6 Å². The molecule has 0 aromatic heterocycles. The molecule has 5 nitrogen and oxygen atoms in total. The van der Waals surface area contributed by atoms with Crippen molar-refractivity contribution in [1.82, 2.24) is 10.2 Å². The van der Waals surface area contributed by atoms with E-state index in [1.54, 1.807) is 6.07 Å². The Kier molecular flexibility index (Phi) is 6.20. The van der Waals surface area contributed by atoms with E-state index in [2.05, 4.69) is 24.1 Å². The third kappa shape index (κ3) is 4.06. The van der Waals surface area contributed by atoms with E-state index < -0.39 is 4.92 Å². The Hall–Kier alpha value is -0.880. The summed E-state index contributed by atoms with van der Waals surface area (Å²) in [6.45, 7) is 6.94. The van der Waals surface area contributed by atoms with Gasteiger partial charge in [-0.05, 0) is 25.5 Å². The van der Waals surface area contributed by atoms with Gasteiger partial charge in [-0.25, -0.2) is 0 Å². The lowest BCUT2D eigenvalue weighted by atomic mass is 10.1. The fourth-order valence-corrected chi connectivity index (χ4v) is 2.55. The summed E-state index contributed by atoms with van der Waals surface area (Å²) < 4.78 is 0. The molecule has 2 rings (SSSR count). The van der Waals surface area contributed by atoms with E-state index >= 15 is 0 Å². The van der Waals surface area contributed by atoms with Crippen LogP contribution in [0.3, 0.4) is 0 Å². The lowest BCUT2D eigenvalue weighted by molar-refractivity contribution is -0.384. The number of hydrogen-bond donors (Lipinski definition) is 1. The summed E-state index contributed by atoms with van der Waals surface area (Å²) in [7, 11) is 0. The molecule has 1 aliphatic rings. The molecule has 1 N–H and O–H groups in total. The Morgan fingerprint density at radius 2 is 2.20 bits per heavy atom. The molecule has 2 unspecified atom stereocenters. The van der Waals surface area contributed by atoms with Crippen LogP contribution in [0.25, 0.3) is 0 Å². The van der Waals surface area contributed by atoms with Crippen LogP contribution in [0.5, 0.6) is 0 Å². The molecule has 7 heteroatoms. The van der Waals surface area contributed by atoms with E-state index in [0.717, 1.165) is 25.2 Å². The van der Waals surface area contributed by atoms with Crippen LogP contribution in [-0.2, 0) is 6.54 Å². The SMILES string of the molecule is CC1CN(Cc2ccc([N+](=O)[O-])cc2Cl)C(C)CN1.Cl. The second-order valence-corrected chi connectivity index (χ2v) is 5.53. The molecule has 0 spiro atoms. The molecule has 0 radical (unpaired) electrons. The van der Waals surface area contributed by atoms with Crippen LogP contribution >= 0.6 is 24.0 Å². The van der Waals surface area contributed by atoms with E-state index in [0.29, 0.717) is 17.1 Å². The van der Waals surface area contributed by atoms with Crippen molar-refractivity contribution < 1.29 is 4.92 Å². The zero-order valence-electron chi connectivity index (χ0n) is 11.5. The van der Waals surface area contributed by atoms with Crippen LogP contribution in [0.15, 0.2) is 18.2 Å². The number of benzene rings is 1. The van der Waals surface area contributed by atoms with Crippen molar-refractivity contribution in [2.45, 2.75) is 32.5 Å². The summed E-state index contributed by atoms with van der Waals surface area (Å²) in [4.78, 5) is 12.6. The second-order valence-electron chi connectivity index (χ2n) is 5.12. The molecule has 1 aliphatic heterocycles. The average molecular weight is 320 g/mol. The number of non-ortho nitro benzene ring substituents is 1. The molecule has 0 bridgehead atoms. The monoisotopic (exact) mass is 319 g/mol. The molecule has 1 aromatic carbocycles. The number of nitrogens with zero attached hydrogens (tertiary/aromatic N) is 2. The largest absolute Gasteiger partial charge is 0.311 e. The highest BCUT2D eigenvalue weighted by Crippen LogP contribution is 2.24. The molecular weight excluding hydrogens is 301 g/mol. The molecule has 1 saturated heterocycles. The van der Waals surface area contributed by atoms with Crippen molar-refractivity contribution in [3.05, 3.63) is 38.9 Å². The molecule has 1 heterocycles. The van der Waals surface area contributed by atoms with Crippen LogP contribution in [0.1, 0.15) is 19.4 Å². The van der Waals surface area contributed by atoms with Gasteiger partial charge in [-0.3, -0.25) is 15.0 Å². The minimum Gasteiger partial charge on any atom is -0.311 e. The Balaban J connectivity index is 0.00000200. The second kappa shape index (κ2) is 7.22. The zero-order valence-corrected chi connectivity index (χ0v) is 13.1. The highest BCUT2D eigenvalue weighted by Gasteiger charge is 2.23. The Morgan fingerprint density at radius 1 is 1.50 bits per heavy atom. The number of halogens is 2. The van der Waals surface area contributed by atoms with Crippen LogP contribution in [0.2, 0.25) is 5.02 Å². The lowest BCUT2D eigenvalue weighted by Crippen LogP contribution is -2.53. The number of nitro groups is 1. The van der Waals surface area contributed by atoms with E-state index in [1.807, 2.05) is 0 Å². The highest BCUT2D eigenvalue weighted by molar-refractivity contribution is 6.31. The number of nitro benzene ring substituents is 1. The van der Waals surface area contributed by atoms with Crippen molar-refractivity contribution >= 4 is 29.7 Å². The maximum Gasteiger partial charge on any atom is 0.270 e. The standard InChI is InChI=1S/C13H18ClN3O2.ClH/c1-9-7-16(10(2)6-15-9)8-11-3-4-12(17(18)19)5-13(11)14;/h3-5,9-10,15H,6-8H2,1-2H3;1H. The first kappa shape index (κ1) is 17.2. The molecular formula is C13H19Cl2N3O2. The molecule has 1 fully saturated rings. The van der Waals surface area contributed by atoms with Crippen LogP contribution < -0.4 is 5.32 Å². The number of rotatable bonds is 3. The van der Waals surface area contributed by atoms with Crippen LogP contribution in [-0.4, -0.2) is 35.0 Å². The number of nitrogens with one attached hydrogen (secondary N) is 1. The summed E-state index contributed by atoms with van der Waals surface area (Å²) in [6.07, 6.45) is 0. The fourth-order valence-electron chi connectivity index (χ4n) is 2.31. The highest BCUT2D eigenvalue weighted by atomic mass is 35.5. The third-order valence-electron chi connectivity index (χ3n) is 3.51. The van der Waals surface area contributed by atoms with Gasteiger partial charge in [-0.15, -0.1) is 12.4 Å². The third-order valence-corrected chi connectivity index (χ3v) is 3.87. The van der Waals surface area contributed by atoms with Gasteiger partial charge >= 0.3 is 0 Å². The van der Waals surface area contributed by atoms with Crippen molar-refractivity contribution in [2.75, 3.05) is 13.1 Å². The van der Waals surface area contributed by atoms with Crippen LogP contribution in [0, 0.1) is 10.1 Å². The minimum atomic E-state index is -0.425. The first-order valence-electron chi connectivity index (χ1n) is 6.37. The average Bonchev–Trinajstić information content (AvgIpc) is 2.36. The van der Waals surface area contributed by atoms with E-state index in [9.17, 15) is 10.1 Å². The van der Waals surface area contributed by atoms with Gasteiger partial charge in [0.15, 0.2) is 0 Å². The van der Waals surface area contributed by atoms with Crippen molar-refractivity contribution in [2.24, 2.45) is 0 Å². The van der Waals surface area contributed by atoms with Crippen molar-refractivity contribution in [3.63, 3.8) is 0 Å². The first-order chi connectivity index (χ1) is 8.97. The van der Waals surface area contributed by atoms with Crippen molar-refractivity contribution in [3.8, 4) is 0 Å². The van der Waals surface area contributed by atoms with Gasteiger partial charge in [0.1, 0.15) is 0 Å². The molecule has 1 aromatic rings. The number of piperazine rings is 1. The number of hydrogen-bond acceptors (Lipinski definition) is 4. The molecule has 20 heavy (non-hydrogen) atoms. The summed E-state index contributed by atoms with van der Waals surface area (Å²) in [5.74, 6) is 0. The summed E-state index contributed by atoms with van der Waals surface area (Å²) in [6, 6.07) is 5.57. The predicted molar refractivity (Wildman–Crippen MR) is 82.7 cm³/mol. The molecule has 112 valence electrons. The molecule has 0 amide bonds. The molecule has 0 aliphatic carbocycles. The summed E-state index contributed by atoms with van der Waals surface area (Å²) in [5, 5.41) is 14.6. The topological polar surface area (TPSA) is 58.4 Å². The summed E-state index contributed by atoms with van der Waals surface area (Å²) in [5.41, 5.74) is 0.976. The normalized spacial score (nSPS) is 23.1. The van der Waals surface area contributed by atoms with Gasteiger partial charge in [0.05, 0.1) is 9.95 Å². The van der Waals surface area contributed by atoms with E-state index in [4.69, 9.17) is 11.6 Å². The van der Waals surface area contributed by atoms with Gasteiger partial charge < -0.3 is 5.32 Å². The Labute approximate surface area is 129 Å². The van der Waals surface area contributed by atoms with Crippen molar-refractivity contribution in [1.29, 1.82) is 0 Å². The molecule has 0 saturated carbocycles.